The first kappa shape index (κ1) is 13.9. The van der Waals surface area contributed by atoms with Crippen LogP contribution in [0.25, 0.3) is 0 Å². The minimum absolute atomic E-state index is 0.0473. The van der Waals surface area contributed by atoms with Gasteiger partial charge in [0.15, 0.2) is 0 Å². The van der Waals surface area contributed by atoms with Crippen molar-refractivity contribution in [2.75, 3.05) is 39.1 Å². The van der Waals surface area contributed by atoms with Crippen LogP contribution in [0.1, 0.15) is 19.8 Å². The maximum atomic E-state index is 11.9. The second kappa shape index (κ2) is 5.44. The Balaban J connectivity index is 2.52. The highest BCUT2D eigenvalue weighted by molar-refractivity contribution is 7.89. The van der Waals surface area contributed by atoms with Gasteiger partial charge in [-0.05, 0) is 24.8 Å². The van der Waals surface area contributed by atoms with E-state index in [1.807, 2.05) is 6.92 Å². The van der Waals surface area contributed by atoms with E-state index in [1.165, 1.54) is 0 Å². The molecule has 6 heteroatoms. The molecule has 1 unspecified atom stereocenters. The van der Waals surface area contributed by atoms with E-state index in [9.17, 15) is 8.42 Å². The molecule has 0 aromatic carbocycles. The number of hydrogen-bond acceptors (Lipinski definition) is 4. The molecule has 1 heterocycles. The summed E-state index contributed by atoms with van der Waals surface area (Å²) in [7, 11) is -1.54. The lowest BCUT2D eigenvalue weighted by atomic mass is 9.90. The van der Waals surface area contributed by atoms with E-state index in [4.69, 9.17) is 10.5 Å². The van der Waals surface area contributed by atoms with Crippen molar-refractivity contribution >= 4 is 10.0 Å². The van der Waals surface area contributed by atoms with Crippen LogP contribution >= 0.6 is 0 Å². The summed E-state index contributed by atoms with van der Waals surface area (Å²) in [6.45, 7) is 4.22. The third kappa shape index (κ3) is 3.41. The van der Waals surface area contributed by atoms with Crippen molar-refractivity contribution in [3.8, 4) is 0 Å². The normalized spacial score (nSPS) is 27.4. The molecule has 2 N–H and O–H groups in total. The van der Waals surface area contributed by atoms with Gasteiger partial charge in [-0.3, -0.25) is 0 Å². The lowest BCUT2D eigenvalue weighted by molar-refractivity contribution is 0.199. The molecule has 0 amide bonds. The summed E-state index contributed by atoms with van der Waals surface area (Å²) in [5.74, 6) is 0.168. The first-order valence-corrected chi connectivity index (χ1v) is 7.21. The van der Waals surface area contributed by atoms with Crippen LogP contribution in [0.3, 0.4) is 0 Å². The molecule has 16 heavy (non-hydrogen) atoms. The molecule has 0 radical (unpaired) electrons. The predicted molar refractivity (Wildman–Crippen MR) is 63.6 cm³/mol. The Kier molecular flexibility index (Phi) is 4.73. The molecule has 1 atom stereocenters. The molecule has 0 aromatic heterocycles. The van der Waals surface area contributed by atoms with E-state index in [0.29, 0.717) is 32.7 Å². The zero-order valence-electron chi connectivity index (χ0n) is 10.1. The fraction of sp³-hybridized carbons (Fsp3) is 1.00. The number of rotatable bonds is 6. The highest BCUT2D eigenvalue weighted by Gasteiger charge is 2.37. The van der Waals surface area contributed by atoms with Crippen LogP contribution in [0.2, 0.25) is 0 Å². The lowest BCUT2D eigenvalue weighted by Crippen LogP contribution is -2.35. The first-order valence-electron chi connectivity index (χ1n) is 5.60. The van der Waals surface area contributed by atoms with Crippen LogP contribution in [0.5, 0.6) is 0 Å². The highest BCUT2D eigenvalue weighted by Crippen LogP contribution is 2.30. The van der Waals surface area contributed by atoms with E-state index < -0.39 is 10.0 Å². The van der Waals surface area contributed by atoms with Gasteiger partial charge in [-0.1, -0.05) is 6.92 Å². The molecule has 96 valence electrons. The second-order valence-electron chi connectivity index (χ2n) is 4.76. The van der Waals surface area contributed by atoms with Crippen LogP contribution in [0, 0.1) is 5.41 Å². The minimum atomic E-state index is -3.12. The average Bonchev–Trinajstić information content (AvgIpc) is 2.63. The maximum absolute atomic E-state index is 11.9. The third-order valence-electron chi connectivity index (χ3n) is 3.16. The largest absolute Gasteiger partial charge is 0.385 e. The minimum Gasteiger partial charge on any atom is -0.385 e. The smallest absolute Gasteiger partial charge is 0.214 e. The first-order chi connectivity index (χ1) is 7.43. The Hall–Kier alpha value is -0.170. The Morgan fingerprint density at radius 3 is 2.69 bits per heavy atom. The second-order valence-corrected chi connectivity index (χ2v) is 6.85. The van der Waals surface area contributed by atoms with Gasteiger partial charge in [0.1, 0.15) is 0 Å². The molecule has 1 fully saturated rings. The van der Waals surface area contributed by atoms with Crippen molar-refractivity contribution in [1.82, 2.24) is 4.31 Å². The maximum Gasteiger partial charge on any atom is 0.214 e. The van der Waals surface area contributed by atoms with Gasteiger partial charge in [-0.15, -0.1) is 0 Å². The molecule has 0 spiro atoms. The van der Waals surface area contributed by atoms with E-state index in [0.717, 1.165) is 6.42 Å². The Morgan fingerprint density at radius 1 is 1.50 bits per heavy atom. The number of ether oxygens (including phenoxy) is 1. The van der Waals surface area contributed by atoms with Crippen molar-refractivity contribution in [3.05, 3.63) is 0 Å². The molecule has 1 aliphatic rings. The Morgan fingerprint density at radius 2 is 2.19 bits per heavy atom. The van der Waals surface area contributed by atoms with E-state index in [1.54, 1.807) is 11.4 Å². The number of sulfonamides is 1. The summed E-state index contributed by atoms with van der Waals surface area (Å²) in [6, 6.07) is 0. The SMILES string of the molecule is COCCCS(=O)(=O)N1CCC(C)(CN)C1. The van der Waals surface area contributed by atoms with Gasteiger partial charge in [0.2, 0.25) is 10.0 Å². The van der Waals surface area contributed by atoms with Gasteiger partial charge in [0.05, 0.1) is 5.75 Å². The van der Waals surface area contributed by atoms with Gasteiger partial charge in [0, 0.05) is 26.8 Å². The summed E-state index contributed by atoms with van der Waals surface area (Å²) in [6.07, 6.45) is 1.40. The Labute approximate surface area is 98.0 Å². The zero-order valence-corrected chi connectivity index (χ0v) is 10.9. The molecular formula is C10H22N2O3S. The summed E-state index contributed by atoms with van der Waals surface area (Å²) in [5, 5.41) is 0. The molecule has 1 saturated heterocycles. The lowest BCUT2D eigenvalue weighted by Gasteiger charge is -2.22. The van der Waals surface area contributed by atoms with E-state index >= 15 is 0 Å². The van der Waals surface area contributed by atoms with Crippen molar-refractivity contribution in [3.63, 3.8) is 0 Å². The van der Waals surface area contributed by atoms with Crippen LogP contribution in [-0.4, -0.2) is 51.8 Å². The van der Waals surface area contributed by atoms with Crippen LogP contribution in [-0.2, 0) is 14.8 Å². The van der Waals surface area contributed by atoms with Crippen molar-refractivity contribution in [2.45, 2.75) is 19.8 Å². The van der Waals surface area contributed by atoms with Gasteiger partial charge in [0.25, 0.3) is 0 Å². The third-order valence-corrected chi connectivity index (χ3v) is 5.06. The average molecular weight is 250 g/mol. The molecule has 0 bridgehead atoms. The quantitative estimate of drug-likeness (QED) is 0.675. The summed E-state index contributed by atoms with van der Waals surface area (Å²) in [4.78, 5) is 0. The number of nitrogens with two attached hydrogens (primary N) is 1. The molecule has 0 aliphatic carbocycles. The number of nitrogens with zero attached hydrogens (tertiary/aromatic N) is 1. The number of hydrogen-bond donors (Lipinski definition) is 1. The molecule has 0 saturated carbocycles. The van der Waals surface area contributed by atoms with Gasteiger partial charge in [-0.25, -0.2) is 12.7 Å². The molecular weight excluding hydrogens is 228 g/mol. The van der Waals surface area contributed by atoms with Crippen LogP contribution in [0.4, 0.5) is 0 Å². The fourth-order valence-electron chi connectivity index (χ4n) is 1.90. The monoisotopic (exact) mass is 250 g/mol. The Bertz CT molecular complexity index is 318. The fourth-order valence-corrected chi connectivity index (χ4v) is 3.52. The summed E-state index contributed by atoms with van der Waals surface area (Å²) >= 11 is 0. The van der Waals surface area contributed by atoms with Crippen LogP contribution < -0.4 is 5.73 Å². The summed E-state index contributed by atoms with van der Waals surface area (Å²) < 4.78 is 30.3. The van der Waals surface area contributed by atoms with E-state index in [-0.39, 0.29) is 11.2 Å². The van der Waals surface area contributed by atoms with Gasteiger partial charge < -0.3 is 10.5 Å². The van der Waals surface area contributed by atoms with Gasteiger partial charge >= 0.3 is 0 Å². The summed E-state index contributed by atoms with van der Waals surface area (Å²) in [5.41, 5.74) is 5.61. The highest BCUT2D eigenvalue weighted by atomic mass is 32.2. The van der Waals surface area contributed by atoms with Crippen molar-refractivity contribution < 1.29 is 13.2 Å². The standard InChI is InChI=1S/C10H22N2O3S/c1-10(8-11)4-5-12(9-10)16(13,14)7-3-6-15-2/h3-9,11H2,1-2H3. The number of methoxy groups -OCH3 is 1. The van der Waals surface area contributed by atoms with Gasteiger partial charge in [-0.2, -0.15) is 0 Å². The molecule has 1 aliphatic heterocycles. The predicted octanol–water partition coefficient (Wildman–Crippen LogP) is 0.0234. The zero-order chi connectivity index (χ0) is 12.2. The van der Waals surface area contributed by atoms with E-state index in [2.05, 4.69) is 0 Å². The van der Waals surface area contributed by atoms with Crippen molar-refractivity contribution in [1.29, 1.82) is 0 Å². The van der Waals surface area contributed by atoms with Crippen molar-refractivity contribution in [2.24, 2.45) is 11.1 Å². The molecule has 0 aromatic rings. The van der Waals surface area contributed by atoms with Crippen LogP contribution in [0.15, 0.2) is 0 Å². The molecule has 1 rings (SSSR count). The topological polar surface area (TPSA) is 72.6 Å². The molecule has 5 nitrogen and oxygen atoms in total.